The molecule has 0 spiro atoms. The first kappa shape index (κ1) is 13.7. The first-order valence-corrected chi connectivity index (χ1v) is 6.95. The van der Waals surface area contributed by atoms with E-state index in [4.69, 9.17) is 15.2 Å². The highest BCUT2D eigenvalue weighted by Crippen LogP contribution is 2.35. The van der Waals surface area contributed by atoms with E-state index in [0.717, 1.165) is 12.0 Å². The number of ether oxygens (including phenoxy) is 2. The Kier molecular flexibility index (Phi) is 3.66. The molecule has 0 fully saturated rings. The van der Waals surface area contributed by atoms with Gasteiger partial charge in [-0.25, -0.2) is 4.98 Å². The van der Waals surface area contributed by atoms with Crippen molar-refractivity contribution in [2.24, 2.45) is 0 Å². The molecule has 5 nitrogen and oxygen atoms in total. The lowest BCUT2D eigenvalue weighted by Crippen LogP contribution is -2.08. The van der Waals surface area contributed by atoms with Crippen molar-refractivity contribution in [3.63, 3.8) is 0 Å². The number of aliphatic hydroxyl groups is 1. The molecule has 3 N–H and O–H groups in total. The summed E-state index contributed by atoms with van der Waals surface area (Å²) >= 11 is 0. The van der Waals surface area contributed by atoms with E-state index < -0.39 is 6.10 Å². The average molecular weight is 286 g/mol. The third-order valence-electron chi connectivity index (χ3n) is 3.60. The van der Waals surface area contributed by atoms with Gasteiger partial charge in [0, 0.05) is 18.2 Å². The van der Waals surface area contributed by atoms with Crippen LogP contribution in [0.2, 0.25) is 0 Å². The van der Waals surface area contributed by atoms with E-state index >= 15 is 0 Å². The highest BCUT2D eigenvalue weighted by atomic mass is 16.5. The van der Waals surface area contributed by atoms with Crippen LogP contribution in [0.4, 0.5) is 5.82 Å². The first-order chi connectivity index (χ1) is 10.2. The zero-order valence-electron chi connectivity index (χ0n) is 11.9. The maximum absolute atomic E-state index is 10.6. The molecule has 1 aromatic heterocycles. The van der Waals surface area contributed by atoms with Gasteiger partial charge >= 0.3 is 0 Å². The van der Waals surface area contributed by atoms with Crippen LogP contribution in [0.15, 0.2) is 30.5 Å². The predicted octanol–water partition coefficient (Wildman–Crippen LogP) is 2.22. The Balaban J connectivity index is 1.98. The van der Waals surface area contributed by atoms with E-state index in [1.165, 1.54) is 0 Å². The molecule has 0 aliphatic carbocycles. The number of nitrogens with two attached hydrogens (primary N) is 1. The van der Waals surface area contributed by atoms with Crippen LogP contribution in [0, 0.1) is 6.92 Å². The second-order valence-electron chi connectivity index (χ2n) is 5.09. The Morgan fingerprint density at radius 2 is 1.95 bits per heavy atom. The molecular formula is C16H18N2O3. The van der Waals surface area contributed by atoms with E-state index in [1.807, 2.05) is 25.1 Å². The highest BCUT2D eigenvalue weighted by molar-refractivity contribution is 5.51. The fourth-order valence-corrected chi connectivity index (χ4v) is 2.46. The summed E-state index contributed by atoms with van der Waals surface area (Å²) in [5.41, 5.74) is 8.14. The molecular weight excluding hydrogens is 268 g/mol. The van der Waals surface area contributed by atoms with Crippen LogP contribution in [0.25, 0.3) is 0 Å². The monoisotopic (exact) mass is 286 g/mol. The molecule has 1 aliphatic heterocycles. The van der Waals surface area contributed by atoms with E-state index in [1.54, 1.807) is 12.3 Å². The third-order valence-corrected chi connectivity index (χ3v) is 3.60. The van der Waals surface area contributed by atoms with E-state index in [9.17, 15) is 5.11 Å². The van der Waals surface area contributed by atoms with Crippen molar-refractivity contribution in [3.8, 4) is 11.5 Å². The number of anilines is 1. The number of hydrogen-bond donors (Lipinski definition) is 2. The van der Waals surface area contributed by atoms with Gasteiger partial charge in [0.05, 0.1) is 13.2 Å². The number of hydrogen-bond acceptors (Lipinski definition) is 5. The standard InChI is InChI=1S/C16H18N2O3/c1-10-5-6-18-16(17)14(10)15(19)11-3-4-12-13(9-11)21-8-2-7-20-12/h3-6,9,15,19H,2,7-8H2,1H3,(H2,17,18). The second-order valence-corrected chi connectivity index (χ2v) is 5.09. The van der Waals surface area contributed by atoms with Crippen LogP contribution in [0.1, 0.15) is 29.2 Å². The number of aryl methyl sites for hydroxylation is 1. The van der Waals surface area contributed by atoms with Crippen LogP contribution in [-0.2, 0) is 0 Å². The molecule has 0 bridgehead atoms. The average Bonchev–Trinajstić information content (AvgIpc) is 2.71. The molecule has 1 aromatic carbocycles. The Morgan fingerprint density at radius 1 is 1.19 bits per heavy atom. The Morgan fingerprint density at radius 3 is 2.71 bits per heavy atom. The zero-order valence-corrected chi connectivity index (χ0v) is 11.9. The lowest BCUT2D eigenvalue weighted by molar-refractivity contribution is 0.219. The quantitative estimate of drug-likeness (QED) is 0.885. The van der Waals surface area contributed by atoms with Gasteiger partial charge in [-0.1, -0.05) is 6.07 Å². The Labute approximate surface area is 123 Å². The number of rotatable bonds is 2. The van der Waals surface area contributed by atoms with Crippen molar-refractivity contribution < 1.29 is 14.6 Å². The Hall–Kier alpha value is -2.27. The number of aromatic nitrogens is 1. The fourth-order valence-electron chi connectivity index (χ4n) is 2.46. The smallest absolute Gasteiger partial charge is 0.161 e. The summed E-state index contributed by atoms with van der Waals surface area (Å²) in [7, 11) is 0. The number of nitrogen functional groups attached to an aromatic ring is 1. The lowest BCUT2D eigenvalue weighted by Gasteiger charge is -2.17. The van der Waals surface area contributed by atoms with E-state index in [0.29, 0.717) is 41.7 Å². The van der Waals surface area contributed by atoms with Crippen LogP contribution >= 0.6 is 0 Å². The van der Waals surface area contributed by atoms with Gasteiger partial charge in [-0.2, -0.15) is 0 Å². The largest absolute Gasteiger partial charge is 0.490 e. The van der Waals surface area contributed by atoms with Crippen molar-refractivity contribution in [2.45, 2.75) is 19.4 Å². The van der Waals surface area contributed by atoms with Gasteiger partial charge in [-0.3, -0.25) is 0 Å². The molecule has 1 aliphatic rings. The van der Waals surface area contributed by atoms with Gasteiger partial charge in [0.2, 0.25) is 0 Å². The molecule has 0 saturated carbocycles. The van der Waals surface area contributed by atoms with Crippen LogP contribution in [-0.4, -0.2) is 23.3 Å². The van der Waals surface area contributed by atoms with Gasteiger partial charge < -0.3 is 20.3 Å². The van der Waals surface area contributed by atoms with Crippen molar-refractivity contribution in [3.05, 3.63) is 47.2 Å². The summed E-state index contributed by atoms with van der Waals surface area (Å²) in [5.74, 6) is 1.71. The van der Waals surface area contributed by atoms with Gasteiger partial charge in [0.1, 0.15) is 11.9 Å². The molecule has 2 aromatic rings. The maximum atomic E-state index is 10.6. The summed E-state index contributed by atoms with van der Waals surface area (Å²) in [6.07, 6.45) is 1.65. The third kappa shape index (κ3) is 2.64. The normalized spacial score (nSPS) is 15.3. The summed E-state index contributed by atoms with van der Waals surface area (Å²) in [6, 6.07) is 7.28. The molecule has 2 heterocycles. The van der Waals surface area contributed by atoms with Gasteiger partial charge in [-0.15, -0.1) is 0 Å². The number of aliphatic hydroxyl groups excluding tert-OH is 1. The second kappa shape index (κ2) is 5.61. The van der Waals surface area contributed by atoms with E-state index in [-0.39, 0.29) is 0 Å². The minimum Gasteiger partial charge on any atom is -0.490 e. The summed E-state index contributed by atoms with van der Waals surface area (Å²) in [6.45, 7) is 3.16. The molecule has 0 amide bonds. The van der Waals surface area contributed by atoms with Crippen molar-refractivity contribution in [1.82, 2.24) is 4.98 Å². The number of benzene rings is 1. The summed E-state index contributed by atoms with van der Waals surface area (Å²) in [4.78, 5) is 4.05. The molecule has 5 heteroatoms. The van der Waals surface area contributed by atoms with Crippen LogP contribution < -0.4 is 15.2 Å². The van der Waals surface area contributed by atoms with Gasteiger partial charge in [0.25, 0.3) is 0 Å². The first-order valence-electron chi connectivity index (χ1n) is 6.95. The summed E-state index contributed by atoms with van der Waals surface area (Å²) in [5, 5.41) is 10.6. The number of pyridine rings is 1. The van der Waals surface area contributed by atoms with Crippen molar-refractivity contribution >= 4 is 5.82 Å². The lowest BCUT2D eigenvalue weighted by atomic mass is 9.98. The number of nitrogens with zero attached hydrogens (tertiary/aromatic N) is 1. The molecule has 3 rings (SSSR count). The summed E-state index contributed by atoms with van der Waals surface area (Å²) < 4.78 is 11.2. The minimum atomic E-state index is -0.837. The molecule has 1 unspecified atom stereocenters. The SMILES string of the molecule is Cc1ccnc(N)c1C(O)c1ccc2c(c1)OCCCO2. The molecule has 0 saturated heterocycles. The molecule has 110 valence electrons. The van der Waals surface area contributed by atoms with Crippen LogP contribution in [0.5, 0.6) is 11.5 Å². The van der Waals surface area contributed by atoms with Gasteiger partial charge in [0.15, 0.2) is 11.5 Å². The zero-order chi connectivity index (χ0) is 14.8. The fraction of sp³-hybridized carbons (Fsp3) is 0.312. The van der Waals surface area contributed by atoms with E-state index in [2.05, 4.69) is 4.98 Å². The van der Waals surface area contributed by atoms with Crippen molar-refractivity contribution in [2.75, 3.05) is 18.9 Å². The predicted molar refractivity (Wildman–Crippen MR) is 79.5 cm³/mol. The maximum Gasteiger partial charge on any atom is 0.161 e. The minimum absolute atomic E-state index is 0.342. The topological polar surface area (TPSA) is 77.6 Å². The van der Waals surface area contributed by atoms with Crippen LogP contribution in [0.3, 0.4) is 0 Å². The molecule has 21 heavy (non-hydrogen) atoms. The van der Waals surface area contributed by atoms with Crippen molar-refractivity contribution in [1.29, 1.82) is 0 Å². The molecule has 0 radical (unpaired) electrons. The number of fused-ring (bicyclic) bond motifs is 1. The molecule has 1 atom stereocenters. The van der Waals surface area contributed by atoms with Gasteiger partial charge in [-0.05, 0) is 36.2 Å². The highest BCUT2D eigenvalue weighted by Gasteiger charge is 2.19. The Bertz CT molecular complexity index is 638.